The van der Waals surface area contributed by atoms with Crippen LogP contribution in [0.15, 0.2) is 55.1 Å². The normalized spacial score (nSPS) is 10.2. The second-order valence-electron chi connectivity index (χ2n) is 5.47. The lowest BCUT2D eigenvalue weighted by Crippen LogP contribution is -2.07. The molecule has 0 radical (unpaired) electrons. The number of nitrogens with zero attached hydrogens (tertiary/aromatic N) is 4. The Bertz CT molecular complexity index is 979. The maximum absolute atomic E-state index is 11.6. The summed E-state index contributed by atoms with van der Waals surface area (Å²) in [6.45, 7) is 0.291. The molecule has 0 spiro atoms. The highest BCUT2D eigenvalue weighted by Gasteiger charge is 2.25. The van der Waals surface area contributed by atoms with Gasteiger partial charge in [0.05, 0.1) is 17.6 Å². The number of hydrogen-bond donors (Lipinski definition) is 1. The van der Waals surface area contributed by atoms with Gasteiger partial charge in [0.15, 0.2) is 0 Å². The molecule has 0 aliphatic rings. The van der Waals surface area contributed by atoms with E-state index in [1.165, 1.54) is 31.4 Å². The van der Waals surface area contributed by atoms with Gasteiger partial charge in [-0.3, -0.25) is 15.1 Å². The van der Waals surface area contributed by atoms with E-state index in [1.54, 1.807) is 18.5 Å². The van der Waals surface area contributed by atoms with Gasteiger partial charge in [-0.2, -0.15) is 4.98 Å². The fourth-order valence-electron chi connectivity index (χ4n) is 2.31. The Morgan fingerprint density at radius 2 is 2.00 bits per heavy atom. The van der Waals surface area contributed by atoms with Crippen LogP contribution in [-0.4, -0.2) is 33.0 Å². The molecule has 0 aliphatic heterocycles. The third-order valence-electron chi connectivity index (χ3n) is 3.64. The molecular weight excluding hydrogens is 366 g/mol. The van der Waals surface area contributed by atoms with Gasteiger partial charge in [0.1, 0.15) is 12.1 Å². The second-order valence-corrected chi connectivity index (χ2v) is 5.47. The summed E-state index contributed by atoms with van der Waals surface area (Å²) in [5, 5.41) is 14.5. The number of ether oxygens (including phenoxy) is 2. The van der Waals surface area contributed by atoms with Crippen molar-refractivity contribution in [2.75, 3.05) is 12.4 Å². The number of benzene rings is 1. The molecule has 0 unspecified atom stereocenters. The van der Waals surface area contributed by atoms with Gasteiger partial charge in [-0.05, 0) is 35.9 Å². The summed E-state index contributed by atoms with van der Waals surface area (Å²) >= 11 is 0. The summed E-state index contributed by atoms with van der Waals surface area (Å²) in [5.74, 6) is -0.432. The molecule has 2 aromatic heterocycles. The van der Waals surface area contributed by atoms with Gasteiger partial charge in [-0.1, -0.05) is 6.07 Å². The number of nitrogens with one attached hydrogen (secondary N) is 1. The van der Waals surface area contributed by atoms with Crippen LogP contribution in [0.3, 0.4) is 0 Å². The molecule has 2 heterocycles. The number of nitro groups is 1. The highest BCUT2D eigenvalue weighted by Crippen LogP contribution is 2.34. The maximum Gasteiger partial charge on any atom is 0.373 e. The zero-order valence-corrected chi connectivity index (χ0v) is 14.7. The standard InChI is InChI=1S/C18H15N5O5/c1-27-18(24)13-4-6-14(7-5-13)28-17-15(23(25)26)16(21-11-22-17)20-10-12-3-2-8-19-9-12/h2-9,11H,10H2,1H3,(H,20,21,22). The molecule has 28 heavy (non-hydrogen) atoms. The summed E-state index contributed by atoms with van der Waals surface area (Å²) in [6.07, 6.45) is 4.44. The van der Waals surface area contributed by atoms with Gasteiger partial charge in [0.2, 0.25) is 5.82 Å². The van der Waals surface area contributed by atoms with Crippen molar-refractivity contribution in [2.24, 2.45) is 0 Å². The van der Waals surface area contributed by atoms with Gasteiger partial charge < -0.3 is 14.8 Å². The third kappa shape index (κ3) is 4.36. The molecule has 1 aromatic carbocycles. The smallest absolute Gasteiger partial charge is 0.373 e. The lowest BCUT2D eigenvalue weighted by atomic mass is 10.2. The monoisotopic (exact) mass is 381 g/mol. The molecule has 0 fully saturated rings. The Morgan fingerprint density at radius 1 is 1.21 bits per heavy atom. The molecule has 3 aromatic rings. The number of aromatic nitrogens is 3. The molecule has 0 saturated carbocycles. The van der Waals surface area contributed by atoms with Crippen molar-refractivity contribution in [3.8, 4) is 11.6 Å². The Balaban J connectivity index is 1.82. The third-order valence-corrected chi connectivity index (χ3v) is 3.64. The number of carbonyl (C=O) groups excluding carboxylic acids is 1. The van der Waals surface area contributed by atoms with Crippen LogP contribution >= 0.6 is 0 Å². The number of rotatable bonds is 7. The number of carbonyl (C=O) groups is 1. The van der Waals surface area contributed by atoms with Crippen LogP contribution in [0.5, 0.6) is 11.6 Å². The van der Waals surface area contributed by atoms with Crippen molar-refractivity contribution in [3.63, 3.8) is 0 Å². The van der Waals surface area contributed by atoms with E-state index in [4.69, 9.17) is 4.74 Å². The minimum Gasteiger partial charge on any atom is -0.465 e. The van der Waals surface area contributed by atoms with Gasteiger partial charge in [0, 0.05) is 18.9 Å². The molecule has 0 atom stereocenters. The predicted octanol–water partition coefficient (Wildman–Crippen LogP) is 2.97. The molecule has 3 rings (SSSR count). The van der Waals surface area contributed by atoms with Crippen LogP contribution in [0.2, 0.25) is 0 Å². The molecule has 0 bridgehead atoms. The molecule has 0 aliphatic carbocycles. The Labute approximate surface area is 159 Å². The Morgan fingerprint density at radius 3 is 2.64 bits per heavy atom. The van der Waals surface area contributed by atoms with Crippen LogP contribution in [0.1, 0.15) is 15.9 Å². The van der Waals surface area contributed by atoms with E-state index < -0.39 is 16.6 Å². The molecule has 10 heteroatoms. The van der Waals surface area contributed by atoms with E-state index in [-0.39, 0.29) is 17.4 Å². The SMILES string of the molecule is COC(=O)c1ccc(Oc2ncnc(NCc3cccnc3)c2[N+](=O)[O-])cc1. The number of hydrogen-bond acceptors (Lipinski definition) is 9. The van der Waals surface area contributed by atoms with Crippen LogP contribution in [0, 0.1) is 10.1 Å². The van der Waals surface area contributed by atoms with Crippen molar-refractivity contribution in [2.45, 2.75) is 6.54 Å². The Kier molecular flexibility index (Phi) is 5.70. The van der Waals surface area contributed by atoms with Gasteiger partial charge in [-0.25, -0.2) is 9.78 Å². The van der Waals surface area contributed by atoms with Crippen LogP contribution in [-0.2, 0) is 11.3 Å². The molecule has 10 nitrogen and oxygen atoms in total. The number of methoxy groups -OCH3 is 1. The number of anilines is 1. The van der Waals surface area contributed by atoms with Gasteiger partial charge >= 0.3 is 17.5 Å². The average Bonchev–Trinajstić information content (AvgIpc) is 2.73. The van der Waals surface area contributed by atoms with E-state index in [1.807, 2.05) is 6.07 Å². The topological polar surface area (TPSA) is 129 Å². The van der Waals surface area contributed by atoms with E-state index in [0.29, 0.717) is 12.1 Å². The summed E-state index contributed by atoms with van der Waals surface area (Å²) in [6, 6.07) is 9.53. The van der Waals surface area contributed by atoms with Crippen LogP contribution in [0.25, 0.3) is 0 Å². The van der Waals surface area contributed by atoms with E-state index in [2.05, 4.69) is 25.0 Å². The average molecular weight is 381 g/mol. The Hall–Kier alpha value is -4.08. The molecular formula is C18H15N5O5. The first kappa shape index (κ1) is 18.7. The van der Waals surface area contributed by atoms with E-state index in [9.17, 15) is 14.9 Å². The minimum atomic E-state index is -0.621. The summed E-state index contributed by atoms with van der Waals surface area (Å²) in [7, 11) is 1.27. The number of pyridine rings is 1. The number of esters is 1. The maximum atomic E-state index is 11.6. The van der Waals surface area contributed by atoms with E-state index >= 15 is 0 Å². The van der Waals surface area contributed by atoms with Gasteiger partial charge in [-0.15, -0.1) is 0 Å². The van der Waals surface area contributed by atoms with Crippen molar-refractivity contribution in [3.05, 3.63) is 76.4 Å². The van der Waals surface area contributed by atoms with Gasteiger partial charge in [0.25, 0.3) is 0 Å². The lowest BCUT2D eigenvalue weighted by molar-refractivity contribution is -0.385. The minimum absolute atomic E-state index is 0.0185. The zero-order chi connectivity index (χ0) is 19.9. The second kappa shape index (κ2) is 8.54. The zero-order valence-electron chi connectivity index (χ0n) is 14.7. The molecule has 1 N–H and O–H groups in total. The molecule has 142 valence electrons. The summed E-state index contributed by atoms with van der Waals surface area (Å²) < 4.78 is 10.2. The quantitative estimate of drug-likeness (QED) is 0.373. The fraction of sp³-hybridized carbons (Fsp3) is 0.111. The predicted molar refractivity (Wildman–Crippen MR) is 98.1 cm³/mol. The van der Waals surface area contributed by atoms with E-state index in [0.717, 1.165) is 11.9 Å². The van der Waals surface area contributed by atoms with Crippen molar-refractivity contribution >= 4 is 17.5 Å². The van der Waals surface area contributed by atoms with Crippen LogP contribution < -0.4 is 10.1 Å². The van der Waals surface area contributed by atoms with Crippen molar-refractivity contribution in [1.82, 2.24) is 15.0 Å². The van der Waals surface area contributed by atoms with Crippen LogP contribution in [0.4, 0.5) is 11.5 Å². The van der Waals surface area contributed by atoms with Crippen molar-refractivity contribution in [1.29, 1.82) is 0 Å². The first-order valence-electron chi connectivity index (χ1n) is 8.07. The molecule has 0 saturated heterocycles. The first-order chi connectivity index (χ1) is 13.6. The highest BCUT2D eigenvalue weighted by atomic mass is 16.6. The highest BCUT2D eigenvalue weighted by molar-refractivity contribution is 5.89. The lowest BCUT2D eigenvalue weighted by Gasteiger charge is -2.09. The fourth-order valence-corrected chi connectivity index (χ4v) is 2.31. The first-order valence-corrected chi connectivity index (χ1v) is 8.07. The largest absolute Gasteiger partial charge is 0.465 e. The van der Waals surface area contributed by atoms with Crippen molar-refractivity contribution < 1.29 is 19.2 Å². The molecule has 0 amide bonds. The summed E-state index contributed by atoms with van der Waals surface area (Å²) in [4.78, 5) is 34.2. The summed E-state index contributed by atoms with van der Waals surface area (Å²) in [5.41, 5.74) is 0.755.